The number of nitrogens with two attached hydrogens (primary N) is 2. The molecule has 0 saturated carbocycles. The molecule has 0 fully saturated rings. The van der Waals surface area contributed by atoms with Crippen LogP contribution in [-0.2, 0) is 12.8 Å². The predicted octanol–water partition coefficient (Wildman–Crippen LogP) is 8.41. The SMILES string of the molecule is CCCc1cc(C(N)=NO)c(-c2ccccn2)c(-c2ccc(O)cc2)c1.CCCc1cc(C(N)=NO)c(-c2csc(OC)n2)c(-c2ccc(O)cc2)c1. The maximum Gasteiger partial charge on any atom is 0.273 e. The van der Waals surface area contributed by atoms with Crippen LogP contribution < -0.4 is 16.2 Å². The van der Waals surface area contributed by atoms with Crippen molar-refractivity contribution >= 4 is 23.0 Å². The summed E-state index contributed by atoms with van der Waals surface area (Å²) in [6.45, 7) is 4.21. The van der Waals surface area contributed by atoms with Crippen molar-refractivity contribution in [2.75, 3.05) is 7.11 Å². The molecule has 2 aromatic heterocycles. The lowest BCUT2D eigenvalue weighted by molar-refractivity contribution is 0.318. The number of nitrogens with zero attached hydrogens (tertiary/aromatic N) is 4. The zero-order valence-electron chi connectivity index (χ0n) is 29.7. The third-order valence-electron chi connectivity index (χ3n) is 8.43. The molecule has 0 aliphatic carbocycles. The Morgan fingerprint density at radius 1 is 0.698 bits per heavy atom. The van der Waals surface area contributed by atoms with Crippen LogP contribution in [0.5, 0.6) is 16.7 Å². The number of hydrogen-bond donors (Lipinski definition) is 6. The Balaban J connectivity index is 0.000000204. The lowest BCUT2D eigenvalue weighted by Crippen LogP contribution is -2.16. The van der Waals surface area contributed by atoms with Crippen molar-refractivity contribution in [3.63, 3.8) is 0 Å². The van der Waals surface area contributed by atoms with E-state index in [9.17, 15) is 20.6 Å². The number of benzene rings is 4. The second kappa shape index (κ2) is 17.7. The molecule has 0 radical (unpaired) electrons. The van der Waals surface area contributed by atoms with Crippen molar-refractivity contribution < 1.29 is 25.4 Å². The molecule has 6 aromatic rings. The zero-order valence-corrected chi connectivity index (χ0v) is 30.5. The molecule has 6 rings (SSSR count). The number of amidine groups is 2. The highest BCUT2D eigenvalue weighted by atomic mass is 32.1. The molecule has 0 amide bonds. The average molecular weight is 731 g/mol. The summed E-state index contributed by atoms with van der Waals surface area (Å²) in [4.78, 5) is 8.97. The quantitative estimate of drug-likeness (QED) is 0.0329. The molecule has 0 aliphatic rings. The molecular formula is C41H42N6O5S. The van der Waals surface area contributed by atoms with E-state index in [1.54, 1.807) is 37.6 Å². The summed E-state index contributed by atoms with van der Waals surface area (Å²) < 4.78 is 5.23. The molecule has 4 aromatic carbocycles. The molecular weight excluding hydrogens is 689 g/mol. The molecule has 0 aliphatic heterocycles. The number of phenols is 2. The Hall–Kier alpha value is -6.40. The van der Waals surface area contributed by atoms with E-state index >= 15 is 0 Å². The minimum Gasteiger partial charge on any atom is -0.508 e. The predicted molar refractivity (Wildman–Crippen MR) is 211 cm³/mol. The number of oxime groups is 2. The smallest absolute Gasteiger partial charge is 0.273 e. The first-order valence-electron chi connectivity index (χ1n) is 17.0. The number of aryl methyl sites for hydroxylation is 2. The zero-order chi connectivity index (χ0) is 37.9. The number of ether oxygens (including phenoxy) is 1. The van der Waals surface area contributed by atoms with Gasteiger partial charge in [-0.3, -0.25) is 4.98 Å². The topological polar surface area (TPSA) is 193 Å². The Bertz CT molecular complexity index is 2200. The van der Waals surface area contributed by atoms with E-state index in [0.717, 1.165) is 75.9 Å². The maximum absolute atomic E-state index is 9.65. The maximum atomic E-state index is 9.65. The van der Waals surface area contributed by atoms with E-state index in [-0.39, 0.29) is 23.2 Å². The number of pyridine rings is 1. The fourth-order valence-electron chi connectivity index (χ4n) is 6.05. The number of aromatic hydroxyl groups is 2. The minimum absolute atomic E-state index is 0.0231. The van der Waals surface area contributed by atoms with Crippen molar-refractivity contribution in [1.82, 2.24) is 9.97 Å². The van der Waals surface area contributed by atoms with Crippen LogP contribution in [0.3, 0.4) is 0 Å². The highest BCUT2D eigenvalue weighted by molar-refractivity contribution is 7.11. The van der Waals surface area contributed by atoms with Gasteiger partial charge in [-0.15, -0.1) is 0 Å². The molecule has 11 nitrogen and oxygen atoms in total. The second-order valence-electron chi connectivity index (χ2n) is 12.1. The Kier molecular flexibility index (Phi) is 12.6. The van der Waals surface area contributed by atoms with Gasteiger partial charge in [0.15, 0.2) is 11.7 Å². The molecule has 8 N–H and O–H groups in total. The number of hydrogen-bond acceptors (Lipinski definition) is 10. The van der Waals surface area contributed by atoms with E-state index < -0.39 is 0 Å². The first kappa shape index (κ1) is 37.8. The molecule has 272 valence electrons. The van der Waals surface area contributed by atoms with Crippen molar-refractivity contribution in [3.8, 4) is 61.5 Å². The van der Waals surface area contributed by atoms with Gasteiger partial charge in [-0.05, 0) is 94.8 Å². The summed E-state index contributed by atoms with van der Waals surface area (Å²) in [5.41, 5.74) is 22.1. The molecule has 0 atom stereocenters. The lowest BCUT2D eigenvalue weighted by Gasteiger charge is -2.17. The summed E-state index contributed by atoms with van der Waals surface area (Å²) in [6.07, 6.45) is 5.39. The van der Waals surface area contributed by atoms with Gasteiger partial charge in [-0.2, -0.15) is 0 Å². The third kappa shape index (κ3) is 8.92. The van der Waals surface area contributed by atoms with Crippen LogP contribution in [-0.4, -0.2) is 49.4 Å². The molecule has 53 heavy (non-hydrogen) atoms. The summed E-state index contributed by atoms with van der Waals surface area (Å²) >= 11 is 1.38. The first-order valence-corrected chi connectivity index (χ1v) is 17.9. The van der Waals surface area contributed by atoms with E-state index in [0.29, 0.717) is 22.0 Å². The molecule has 0 spiro atoms. The van der Waals surface area contributed by atoms with Gasteiger partial charge in [0.05, 0.1) is 18.5 Å². The van der Waals surface area contributed by atoms with E-state index in [1.165, 1.54) is 11.3 Å². The van der Waals surface area contributed by atoms with Gasteiger partial charge < -0.3 is 36.8 Å². The Morgan fingerprint density at radius 2 is 1.19 bits per heavy atom. The molecule has 0 saturated heterocycles. The van der Waals surface area contributed by atoms with Crippen LogP contribution in [0.25, 0.3) is 44.8 Å². The third-order valence-corrected chi connectivity index (χ3v) is 9.23. The van der Waals surface area contributed by atoms with Crippen LogP contribution in [0.4, 0.5) is 0 Å². The van der Waals surface area contributed by atoms with Gasteiger partial charge in [-0.25, -0.2) is 4.98 Å². The number of phenolic OH excluding ortho intramolecular Hbond substituents is 2. The van der Waals surface area contributed by atoms with Gasteiger partial charge in [-0.1, -0.05) is 90.8 Å². The van der Waals surface area contributed by atoms with Crippen molar-refractivity contribution in [2.45, 2.75) is 39.5 Å². The molecule has 2 heterocycles. The van der Waals surface area contributed by atoms with Crippen LogP contribution in [0.15, 0.2) is 113 Å². The van der Waals surface area contributed by atoms with Crippen molar-refractivity contribution in [2.24, 2.45) is 21.8 Å². The molecule has 0 unspecified atom stereocenters. The molecule has 12 heteroatoms. The molecule has 0 bridgehead atoms. The number of rotatable bonds is 11. The van der Waals surface area contributed by atoms with Crippen LogP contribution >= 0.6 is 11.3 Å². The fourth-order valence-corrected chi connectivity index (χ4v) is 6.68. The average Bonchev–Trinajstić information content (AvgIpc) is 3.67. The monoisotopic (exact) mass is 730 g/mol. The van der Waals surface area contributed by atoms with Crippen molar-refractivity contribution in [3.05, 3.63) is 125 Å². The summed E-state index contributed by atoms with van der Waals surface area (Å²) in [7, 11) is 1.57. The second-order valence-corrected chi connectivity index (χ2v) is 12.9. The summed E-state index contributed by atoms with van der Waals surface area (Å²) in [5.74, 6) is 0.463. The van der Waals surface area contributed by atoms with Gasteiger partial charge in [0.25, 0.3) is 5.19 Å². The highest BCUT2D eigenvalue weighted by Crippen LogP contribution is 2.39. The van der Waals surface area contributed by atoms with Crippen LogP contribution in [0.1, 0.15) is 48.9 Å². The minimum atomic E-state index is 0.0231. The van der Waals surface area contributed by atoms with E-state index in [4.69, 9.17) is 16.2 Å². The van der Waals surface area contributed by atoms with Crippen LogP contribution in [0, 0.1) is 0 Å². The van der Waals surface area contributed by atoms with Gasteiger partial charge in [0.1, 0.15) is 11.5 Å². The summed E-state index contributed by atoms with van der Waals surface area (Å²) in [5, 5.41) is 46.7. The fraction of sp³-hybridized carbons (Fsp3) is 0.171. The lowest BCUT2D eigenvalue weighted by atomic mass is 9.89. The highest BCUT2D eigenvalue weighted by Gasteiger charge is 2.21. The Morgan fingerprint density at radius 3 is 1.58 bits per heavy atom. The normalized spacial score (nSPS) is 11.5. The van der Waals surface area contributed by atoms with E-state index in [2.05, 4.69) is 46.3 Å². The van der Waals surface area contributed by atoms with Gasteiger partial charge >= 0.3 is 0 Å². The first-order chi connectivity index (χ1) is 25.7. The van der Waals surface area contributed by atoms with Crippen molar-refractivity contribution in [1.29, 1.82) is 0 Å². The largest absolute Gasteiger partial charge is 0.508 e. The Labute approximate surface area is 312 Å². The van der Waals surface area contributed by atoms with Crippen LogP contribution in [0.2, 0.25) is 0 Å². The van der Waals surface area contributed by atoms with Gasteiger partial charge in [0, 0.05) is 33.8 Å². The van der Waals surface area contributed by atoms with E-state index in [1.807, 2.05) is 60.0 Å². The number of methoxy groups -OCH3 is 1. The standard InChI is InChI=1S/C21H21N3O2.C20H21N3O3S/c1-2-5-14-12-17(15-7-9-16(25)10-8-15)20(18(13-14)21(22)24-26)19-6-3-4-11-23-19;1-3-4-12-9-15(13-5-7-14(24)8-6-13)18(16(10-12)19(21)23-25)17-11-27-20(22-17)26-2/h3-4,6-13,25-26H,2,5H2,1H3,(H2,22,24);5-11,24-25H,3-4H2,1-2H3,(H2,21,23). The summed E-state index contributed by atoms with van der Waals surface area (Å²) in [6, 6.07) is 27.7. The van der Waals surface area contributed by atoms with Gasteiger partial charge in [0.2, 0.25) is 0 Å². The number of thiazole rings is 1. The number of aromatic nitrogens is 2.